The molecule has 0 N–H and O–H groups in total. The van der Waals surface area contributed by atoms with Crippen LogP contribution in [0.3, 0.4) is 0 Å². The highest BCUT2D eigenvalue weighted by Gasteiger charge is 2.22. The van der Waals surface area contributed by atoms with Gasteiger partial charge in [-0.2, -0.15) is 0 Å². The molecule has 0 radical (unpaired) electrons. The first-order valence-corrected chi connectivity index (χ1v) is 6.99. The lowest BCUT2D eigenvalue weighted by Crippen LogP contribution is -1.97. The summed E-state index contributed by atoms with van der Waals surface area (Å²) in [7, 11) is 0. The zero-order chi connectivity index (χ0) is 11.5. The van der Waals surface area contributed by atoms with Crippen LogP contribution in [0.4, 0.5) is 0 Å². The average Bonchev–Trinajstić information content (AvgIpc) is 2.94. The van der Waals surface area contributed by atoms with Crippen LogP contribution in [0.25, 0.3) is 0 Å². The van der Waals surface area contributed by atoms with Crippen LogP contribution in [0, 0.1) is 5.92 Å². The van der Waals surface area contributed by atoms with Gasteiger partial charge in [0.1, 0.15) is 16.5 Å². The fraction of sp³-hybridized carbons (Fsp3) is 0.667. The van der Waals surface area contributed by atoms with Gasteiger partial charge >= 0.3 is 0 Å². The monoisotopic (exact) mass is 238 g/mol. The Hall–Kier alpha value is -0.770. The topological polar surface area (TPSA) is 38.4 Å². The van der Waals surface area contributed by atoms with Crippen LogP contribution < -0.4 is 0 Å². The van der Waals surface area contributed by atoms with Crippen LogP contribution in [0.2, 0.25) is 0 Å². The fourth-order valence-electron chi connectivity index (χ4n) is 1.51. The van der Waals surface area contributed by atoms with Crippen molar-refractivity contribution in [2.24, 2.45) is 10.9 Å². The van der Waals surface area contributed by atoms with Gasteiger partial charge in [-0.1, -0.05) is 19.0 Å². The van der Waals surface area contributed by atoms with E-state index >= 15 is 0 Å². The van der Waals surface area contributed by atoms with Crippen molar-refractivity contribution in [3.63, 3.8) is 0 Å². The minimum absolute atomic E-state index is 0.535. The number of aliphatic imine (C=N–C) groups is 1. The van der Waals surface area contributed by atoms with E-state index in [-0.39, 0.29) is 0 Å². The fourth-order valence-corrected chi connectivity index (χ4v) is 2.07. The molecule has 88 valence electrons. The number of hydrogen-bond donors (Lipinski definition) is 0. The molecule has 0 aromatic carbocycles. The Labute approximate surface area is 101 Å². The van der Waals surface area contributed by atoms with Gasteiger partial charge in [0.25, 0.3) is 0 Å². The van der Waals surface area contributed by atoms with E-state index < -0.39 is 0 Å². The quantitative estimate of drug-likeness (QED) is 0.597. The van der Waals surface area contributed by atoms with Gasteiger partial charge in [-0.05, 0) is 25.0 Å². The molecule has 1 aliphatic rings. The molecule has 0 atom stereocenters. The lowest BCUT2D eigenvalue weighted by Gasteiger charge is -1.97. The molecule has 0 unspecified atom stereocenters. The molecule has 1 aromatic rings. The van der Waals surface area contributed by atoms with E-state index in [1.54, 1.807) is 11.8 Å². The summed E-state index contributed by atoms with van der Waals surface area (Å²) in [5.74, 6) is 1.56. The summed E-state index contributed by atoms with van der Waals surface area (Å²) in [4.78, 5) is 4.63. The normalized spacial score (nSPS) is 17.1. The second-order valence-electron chi connectivity index (χ2n) is 4.65. The Kier molecular flexibility index (Phi) is 3.69. The van der Waals surface area contributed by atoms with E-state index in [0.29, 0.717) is 12.0 Å². The Morgan fingerprint density at radius 3 is 2.94 bits per heavy atom. The molecule has 0 saturated heterocycles. The molecule has 0 spiro atoms. The van der Waals surface area contributed by atoms with Crippen LogP contribution in [0.1, 0.15) is 38.1 Å². The van der Waals surface area contributed by atoms with Crippen molar-refractivity contribution in [3.05, 3.63) is 17.5 Å². The first-order valence-electron chi connectivity index (χ1n) is 5.76. The van der Waals surface area contributed by atoms with Gasteiger partial charge in [-0.15, -0.1) is 11.8 Å². The Balaban J connectivity index is 2.09. The van der Waals surface area contributed by atoms with E-state index in [1.807, 2.05) is 12.3 Å². The van der Waals surface area contributed by atoms with E-state index in [2.05, 4.69) is 24.0 Å². The molecule has 0 amide bonds. The third-order valence-electron chi connectivity index (χ3n) is 2.43. The molecule has 0 aliphatic heterocycles. The maximum absolute atomic E-state index is 5.32. The van der Waals surface area contributed by atoms with Gasteiger partial charge in [-0.25, -0.2) is 0 Å². The van der Waals surface area contributed by atoms with Gasteiger partial charge < -0.3 is 4.52 Å². The summed E-state index contributed by atoms with van der Waals surface area (Å²) in [6.07, 6.45) is 5.43. The minimum Gasteiger partial charge on any atom is -0.361 e. The van der Waals surface area contributed by atoms with Crippen LogP contribution in [0.5, 0.6) is 0 Å². The molecule has 4 heteroatoms. The highest BCUT2D eigenvalue weighted by Crippen LogP contribution is 2.26. The van der Waals surface area contributed by atoms with Crippen molar-refractivity contribution in [2.45, 2.75) is 39.2 Å². The molecule has 1 fully saturated rings. The summed E-state index contributed by atoms with van der Waals surface area (Å²) in [5.41, 5.74) is 0.898. The Morgan fingerprint density at radius 2 is 2.38 bits per heavy atom. The molecule has 16 heavy (non-hydrogen) atoms. The predicted octanol–water partition coefficient (Wildman–Crippen LogP) is 3.15. The van der Waals surface area contributed by atoms with E-state index in [1.165, 1.54) is 12.8 Å². The van der Waals surface area contributed by atoms with Gasteiger partial charge in [0.2, 0.25) is 0 Å². The van der Waals surface area contributed by atoms with Crippen molar-refractivity contribution in [1.29, 1.82) is 0 Å². The summed E-state index contributed by atoms with van der Waals surface area (Å²) in [5, 5.41) is 5.11. The molecular weight excluding hydrogens is 220 g/mol. The lowest BCUT2D eigenvalue weighted by atomic mass is 10.1. The number of nitrogens with zero attached hydrogens (tertiary/aromatic N) is 2. The van der Waals surface area contributed by atoms with Crippen LogP contribution in [-0.2, 0) is 6.42 Å². The zero-order valence-corrected chi connectivity index (χ0v) is 10.9. The Morgan fingerprint density at radius 1 is 1.62 bits per heavy atom. The van der Waals surface area contributed by atoms with Crippen molar-refractivity contribution in [3.8, 4) is 0 Å². The van der Waals surface area contributed by atoms with Gasteiger partial charge in [0.05, 0.1) is 6.04 Å². The molecular formula is C12H18N2OS. The standard InChI is InChI=1S/C12H18N2OS/c1-8(2)6-10-7-11(14-15-10)12(16-3)13-9-4-5-9/h7-9H,4-6H2,1-3H3. The van der Waals surface area contributed by atoms with Gasteiger partial charge in [0, 0.05) is 12.5 Å². The summed E-state index contributed by atoms with van der Waals surface area (Å²) in [6.45, 7) is 4.35. The largest absolute Gasteiger partial charge is 0.361 e. The van der Waals surface area contributed by atoms with Crippen molar-refractivity contribution in [2.75, 3.05) is 6.26 Å². The van der Waals surface area contributed by atoms with E-state index in [4.69, 9.17) is 4.52 Å². The van der Waals surface area contributed by atoms with Gasteiger partial charge in [-0.3, -0.25) is 4.99 Å². The van der Waals surface area contributed by atoms with E-state index in [0.717, 1.165) is 22.9 Å². The zero-order valence-electron chi connectivity index (χ0n) is 10.1. The maximum atomic E-state index is 5.32. The van der Waals surface area contributed by atoms with Crippen LogP contribution in [-0.4, -0.2) is 22.5 Å². The summed E-state index contributed by atoms with van der Waals surface area (Å²) < 4.78 is 5.32. The highest BCUT2D eigenvalue weighted by atomic mass is 32.2. The smallest absolute Gasteiger partial charge is 0.138 e. The van der Waals surface area contributed by atoms with Crippen molar-refractivity contribution >= 4 is 16.8 Å². The lowest BCUT2D eigenvalue weighted by molar-refractivity contribution is 0.368. The molecule has 1 aromatic heterocycles. The molecule has 1 aliphatic carbocycles. The van der Waals surface area contributed by atoms with Crippen LogP contribution in [0.15, 0.2) is 15.6 Å². The first-order chi connectivity index (χ1) is 7.69. The molecule has 2 rings (SSSR count). The molecule has 1 saturated carbocycles. The van der Waals surface area contributed by atoms with Gasteiger partial charge in [0.15, 0.2) is 0 Å². The van der Waals surface area contributed by atoms with E-state index in [9.17, 15) is 0 Å². The first kappa shape index (κ1) is 11.7. The predicted molar refractivity (Wildman–Crippen MR) is 68.1 cm³/mol. The number of hydrogen-bond acceptors (Lipinski definition) is 4. The summed E-state index contributed by atoms with van der Waals surface area (Å²) in [6, 6.07) is 2.56. The molecule has 3 nitrogen and oxygen atoms in total. The third-order valence-corrected chi connectivity index (χ3v) is 3.13. The second-order valence-corrected chi connectivity index (χ2v) is 5.44. The highest BCUT2D eigenvalue weighted by molar-refractivity contribution is 8.13. The minimum atomic E-state index is 0.535. The second kappa shape index (κ2) is 5.04. The number of aromatic nitrogens is 1. The third kappa shape index (κ3) is 3.11. The van der Waals surface area contributed by atoms with Crippen molar-refractivity contribution < 1.29 is 4.52 Å². The Bertz CT molecular complexity index is 380. The molecule has 0 bridgehead atoms. The number of rotatable bonds is 4. The van der Waals surface area contributed by atoms with Crippen molar-refractivity contribution in [1.82, 2.24) is 5.16 Å². The average molecular weight is 238 g/mol. The molecule has 1 heterocycles. The summed E-state index contributed by atoms with van der Waals surface area (Å²) >= 11 is 1.65. The SMILES string of the molecule is CSC(=NC1CC1)c1cc(CC(C)C)on1. The number of thioether (sulfide) groups is 1. The maximum Gasteiger partial charge on any atom is 0.138 e. The van der Waals surface area contributed by atoms with Crippen LogP contribution >= 0.6 is 11.8 Å².